The molecule has 250 valence electrons. The zero-order valence-corrected chi connectivity index (χ0v) is 25.3. The van der Waals surface area contributed by atoms with Crippen LogP contribution < -0.4 is 10.5 Å². The number of nitrogens with zero attached hydrogens (tertiary/aromatic N) is 3. The Hall–Kier alpha value is -5.09. The first-order valence-corrected chi connectivity index (χ1v) is 14.8. The second-order valence-electron chi connectivity index (χ2n) is 10.6. The number of benzene rings is 3. The fourth-order valence-electron chi connectivity index (χ4n) is 5.04. The molecule has 0 aliphatic carbocycles. The smallest absolute Gasteiger partial charge is 0.338 e. The Morgan fingerprint density at radius 1 is 0.894 bits per heavy atom. The van der Waals surface area contributed by atoms with Crippen molar-refractivity contribution in [3.8, 4) is 34.5 Å². The van der Waals surface area contributed by atoms with Gasteiger partial charge in [-0.1, -0.05) is 23.4 Å². The number of fused-ring (bicyclic) bond motifs is 1. The Morgan fingerprint density at radius 2 is 1.62 bits per heavy atom. The van der Waals surface area contributed by atoms with Gasteiger partial charge in [0.1, 0.15) is 23.4 Å². The van der Waals surface area contributed by atoms with E-state index in [9.17, 15) is 30.3 Å². The molecular formula is C32H36N4O11. The highest BCUT2D eigenvalue weighted by molar-refractivity contribution is 5.89. The van der Waals surface area contributed by atoms with Crippen molar-refractivity contribution >= 4 is 5.97 Å². The summed E-state index contributed by atoms with van der Waals surface area (Å²) in [4.78, 5) is 13.3. The maximum Gasteiger partial charge on any atom is 0.338 e. The standard InChI is InChI=1S/C32H36N4O11/c33-7-10-44-13-12-43-9-6-21-18-36(35-34-21)8-11-45-30-27-23(38)16-22(37)17-26(27)46-29(20-14-24(39)28(41)25(40)15-20)31(30)47-32(42)19-4-2-1-3-5-19/h1-5,14-18,29-31,37-41H,6-13,33H2. The number of phenolic OH excluding ortho intramolecular Hbond substituents is 5. The quantitative estimate of drug-likeness (QED) is 0.0617. The third kappa shape index (κ3) is 8.20. The van der Waals surface area contributed by atoms with Gasteiger partial charge >= 0.3 is 5.97 Å². The summed E-state index contributed by atoms with van der Waals surface area (Å²) in [6.45, 7) is 2.44. The van der Waals surface area contributed by atoms with E-state index in [2.05, 4.69) is 10.3 Å². The number of aromatic hydroxyl groups is 5. The molecule has 0 fully saturated rings. The van der Waals surface area contributed by atoms with Crippen molar-refractivity contribution in [3.63, 3.8) is 0 Å². The van der Waals surface area contributed by atoms with Gasteiger partial charge in [0, 0.05) is 36.9 Å². The van der Waals surface area contributed by atoms with Crippen molar-refractivity contribution in [2.75, 3.05) is 39.6 Å². The summed E-state index contributed by atoms with van der Waals surface area (Å²) < 4.78 is 30.7. The second-order valence-corrected chi connectivity index (χ2v) is 10.6. The molecule has 3 unspecified atom stereocenters. The first kappa shape index (κ1) is 33.3. The minimum absolute atomic E-state index is 0.000387. The van der Waals surface area contributed by atoms with Gasteiger partial charge < -0.3 is 55.0 Å². The maximum atomic E-state index is 13.3. The number of rotatable bonds is 15. The molecule has 0 bridgehead atoms. The van der Waals surface area contributed by atoms with E-state index in [-0.39, 0.29) is 47.1 Å². The van der Waals surface area contributed by atoms with Crippen molar-refractivity contribution in [3.05, 3.63) is 83.2 Å². The Kier molecular flexibility index (Phi) is 11.0. The average molecular weight is 653 g/mol. The normalized spacial score (nSPS) is 17.2. The molecule has 4 aromatic rings. The summed E-state index contributed by atoms with van der Waals surface area (Å²) in [5.41, 5.74) is 6.52. The molecule has 5 rings (SSSR count). The third-order valence-electron chi connectivity index (χ3n) is 7.25. The number of hydrogen-bond acceptors (Lipinski definition) is 14. The van der Waals surface area contributed by atoms with E-state index < -0.39 is 41.5 Å². The molecule has 15 heteroatoms. The van der Waals surface area contributed by atoms with Gasteiger partial charge in [0.2, 0.25) is 0 Å². The van der Waals surface area contributed by atoms with Crippen molar-refractivity contribution in [1.29, 1.82) is 0 Å². The fourth-order valence-corrected chi connectivity index (χ4v) is 5.04. The van der Waals surface area contributed by atoms with E-state index in [1.807, 2.05) is 0 Å². The first-order valence-electron chi connectivity index (χ1n) is 14.8. The van der Waals surface area contributed by atoms with Gasteiger partial charge in [-0.2, -0.15) is 0 Å². The highest BCUT2D eigenvalue weighted by atomic mass is 16.6. The molecule has 1 aromatic heterocycles. The number of carbonyl (C=O) groups excluding carboxylic acids is 1. The fraction of sp³-hybridized carbons (Fsp3) is 0.344. The van der Waals surface area contributed by atoms with Crippen molar-refractivity contribution in [2.24, 2.45) is 5.73 Å². The molecule has 0 saturated heterocycles. The zero-order chi connectivity index (χ0) is 33.3. The molecule has 2 heterocycles. The van der Waals surface area contributed by atoms with Crippen LogP contribution in [0.2, 0.25) is 0 Å². The number of carbonyl (C=O) groups is 1. The molecule has 15 nitrogen and oxygen atoms in total. The Labute approximate surface area is 269 Å². The average Bonchev–Trinajstić information content (AvgIpc) is 3.51. The Bertz CT molecular complexity index is 1630. The minimum Gasteiger partial charge on any atom is -0.508 e. The highest BCUT2D eigenvalue weighted by Crippen LogP contribution is 2.51. The number of ether oxygens (including phenoxy) is 5. The molecule has 0 radical (unpaired) electrons. The zero-order valence-electron chi connectivity index (χ0n) is 25.3. The van der Waals surface area contributed by atoms with Gasteiger partial charge in [-0.05, 0) is 24.3 Å². The summed E-state index contributed by atoms with van der Waals surface area (Å²) in [6.07, 6.45) is -1.45. The molecule has 47 heavy (non-hydrogen) atoms. The number of nitrogens with two attached hydrogens (primary N) is 1. The first-order chi connectivity index (χ1) is 22.7. The Morgan fingerprint density at radius 3 is 2.34 bits per heavy atom. The maximum absolute atomic E-state index is 13.3. The third-order valence-corrected chi connectivity index (χ3v) is 7.25. The molecule has 1 aliphatic rings. The lowest BCUT2D eigenvalue weighted by atomic mass is 9.90. The van der Waals surface area contributed by atoms with Gasteiger partial charge in [-0.15, -0.1) is 5.10 Å². The predicted molar refractivity (Wildman–Crippen MR) is 163 cm³/mol. The lowest BCUT2D eigenvalue weighted by Gasteiger charge is -2.39. The number of aromatic nitrogens is 3. The number of esters is 1. The van der Waals surface area contributed by atoms with Crippen molar-refractivity contribution in [1.82, 2.24) is 15.0 Å². The topological polar surface area (TPSA) is 221 Å². The summed E-state index contributed by atoms with van der Waals surface area (Å²) in [5.74, 6) is -3.46. The van der Waals surface area contributed by atoms with Crippen LogP contribution in [0, 0.1) is 0 Å². The Balaban J connectivity index is 1.37. The van der Waals surface area contributed by atoms with Crippen LogP contribution >= 0.6 is 0 Å². The van der Waals surface area contributed by atoms with E-state index in [4.69, 9.17) is 29.4 Å². The van der Waals surface area contributed by atoms with E-state index in [0.717, 1.165) is 18.2 Å². The van der Waals surface area contributed by atoms with E-state index in [0.29, 0.717) is 45.1 Å². The van der Waals surface area contributed by atoms with Crippen LogP contribution in [0.5, 0.6) is 34.5 Å². The molecule has 0 saturated carbocycles. The van der Waals surface area contributed by atoms with Crippen LogP contribution in [0.25, 0.3) is 0 Å². The van der Waals surface area contributed by atoms with Gasteiger partial charge in [0.05, 0.1) is 56.4 Å². The number of hydrogen-bond donors (Lipinski definition) is 6. The molecule has 1 aliphatic heterocycles. The van der Waals surface area contributed by atoms with Gasteiger partial charge in [0.15, 0.2) is 29.5 Å². The van der Waals surface area contributed by atoms with Crippen molar-refractivity contribution < 1.29 is 54.0 Å². The lowest BCUT2D eigenvalue weighted by molar-refractivity contribution is -0.112. The van der Waals surface area contributed by atoms with Crippen molar-refractivity contribution in [2.45, 2.75) is 31.3 Å². The van der Waals surface area contributed by atoms with E-state index in [1.54, 1.807) is 41.2 Å². The van der Waals surface area contributed by atoms with Gasteiger partial charge in [-0.25, -0.2) is 9.48 Å². The summed E-state index contributed by atoms with van der Waals surface area (Å²) >= 11 is 0. The van der Waals surface area contributed by atoms with E-state index >= 15 is 0 Å². The largest absolute Gasteiger partial charge is 0.508 e. The molecule has 0 spiro atoms. The summed E-state index contributed by atoms with van der Waals surface area (Å²) in [5, 5.41) is 59.9. The molecule has 3 aromatic carbocycles. The molecule has 0 amide bonds. The lowest BCUT2D eigenvalue weighted by Crippen LogP contribution is -2.39. The predicted octanol–water partition coefficient (Wildman–Crippen LogP) is 2.46. The number of phenols is 5. The molecule has 7 N–H and O–H groups in total. The van der Waals surface area contributed by atoms with Crippen LogP contribution in [-0.4, -0.2) is 92.2 Å². The SMILES string of the molecule is NCCOCCOCCc1cn(CCOC2c3c(O)cc(O)cc3OC(c3cc(O)c(O)c(O)c3)C2OC(=O)c2ccccc2)nn1. The highest BCUT2D eigenvalue weighted by Gasteiger charge is 2.45. The van der Waals surface area contributed by atoms with Crippen LogP contribution in [-0.2, 0) is 31.9 Å². The van der Waals surface area contributed by atoms with Gasteiger partial charge in [0.25, 0.3) is 0 Å². The van der Waals surface area contributed by atoms with Gasteiger partial charge in [-0.3, -0.25) is 0 Å². The van der Waals surface area contributed by atoms with Crippen LogP contribution in [0.15, 0.2) is 60.8 Å². The van der Waals surface area contributed by atoms with E-state index in [1.165, 1.54) is 6.07 Å². The van der Waals surface area contributed by atoms with Crippen LogP contribution in [0.1, 0.15) is 39.4 Å². The second kappa shape index (κ2) is 15.5. The van der Waals surface area contributed by atoms with Crippen LogP contribution in [0.4, 0.5) is 0 Å². The summed E-state index contributed by atoms with van der Waals surface area (Å²) in [7, 11) is 0. The monoisotopic (exact) mass is 652 g/mol. The molecular weight excluding hydrogens is 616 g/mol. The summed E-state index contributed by atoms with van der Waals surface area (Å²) in [6, 6.07) is 12.8. The van der Waals surface area contributed by atoms with Crippen LogP contribution in [0.3, 0.4) is 0 Å². The molecule has 3 atom stereocenters. The minimum atomic E-state index is -1.30.